The fraction of sp³-hybridized carbons (Fsp3) is 0.359. The molecule has 6 rings (SSSR count). The highest BCUT2D eigenvalue weighted by atomic mass is 79.9. The number of hydrogen-bond acceptors (Lipinski definition) is 6. The van der Waals surface area contributed by atoms with Gasteiger partial charge in [-0.15, -0.1) is 0 Å². The lowest BCUT2D eigenvalue weighted by atomic mass is 9.69. The lowest BCUT2D eigenvalue weighted by molar-refractivity contribution is -0.177. The van der Waals surface area contributed by atoms with Crippen LogP contribution in [-0.4, -0.2) is 38.9 Å². The van der Waals surface area contributed by atoms with Crippen molar-refractivity contribution in [2.24, 2.45) is 5.41 Å². The van der Waals surface area contributed by atoms with Gasteiger partial charge in [-0.2, -0.15) is 0 Å². The molecule has 2 fully saturated rings. The monoisotopic (exact) mass is 826 g/mol. The van der Waals surface area contributed by atoms with Gasteiger partial charge >= 0.3 is 5.97 Å². The predicted molar refractivity (Wildman–Crippen MR) is 199 cm³/mol. The molecule has 0 heterocycles. The van der Waals surface area contributed by atoms with Gasteiger partial charge in [-0.25, -0.2) is 16.8 Å². The zero-order valence-corrected chi connectivity index (χ0v) is 31.9. The molecule has 4 aromatic rings. The van der Waals surface area contributed by atoms with Crippen LogP contribution >= 0.6 is 31.9 Å². The molecule has 0 bridgehead atoms. The number of benzene rings is 4. The van der Waals surface area contributed by atoms with Crippen LogP contribution in [0.2, 0.25) is 0 Å². The Bertz CT molecular complexity index is 1970. The van der Waals surface area contributed by atoms with E-state index in [1.54, 1.807) is 48.5 Å². The average Bonchev–Trinajstić information content (AvgIpc) is 3.10. The van der Waals surface area contributed by atoms with Crippen molar-refractivity contribution in [2.75, 3.05) is 0 Å². The summed E-state index contributed by atoms with van der Waals surface area (Å²) in [5.74, 6) is -0.629. The molecular formula is C39H40Br2O6S2. The fourth-order valence-electron chi connectivity index (χ4n) is 7.90. The van der Waals surface area contributed by atoms with Crippen LogP contribution in [0.5, 0.6) is 0 Å². The number of carbonyl (C=O) groups excluding carboxylic acids is 1. The first kappa shape index (κ1) is 36.0. The maximum Gasteiger partial charge on any atom is 0.314 e. The van der Waals surface area contributed by atoms with E-state index in [2.05, 4.69) is 31.9 Å². The zero-order valence-electron chi connectivity index (χ0n) is 27.1. The fourth-order valence-corrected chi connectivity index (χ4v) is 12.8. The zero-order chi connectivity index (χ0) is 34.7. The van der Waals surface area contributed by atoms with Crippen molar-refractivity contribution < 1.29 is 26.4 Å². The highest BCUT2D eigenvalue weighted by molar-refractivity contribution is 9.10. The van der Waals surface area contributed by atoms with Crippen molar-refractivity contribution in [3.8, 4) is 0 Å². The number of ether oxygens (including phenoxy) is 1. The van der Waals surface area contributed by atoms with E-state index in [1.165, 1.54) is 0 Å². The van der Waals surface area contributed by atoms with Gasteiger partial charge in [0.15, 0.2) is 19.7 Å². The highest BCUT2D eigenvalue weighted by Gasteiger charge is 2.58. The Morgan fingerprint density at radius 2 is 1.04 bits per heavy atom. The maximum atomic E-state index is 15.3. The van der Waals surface area contributed by atoms with Crippen molar-refractivity contribution in [1.29, 1.82) is 0 Å². The SMILES string of the molecule is O=C(OC1(Cc2ccccc2)CCCCC1S(=O)(=O)c1ccc(Br)cc1)C1(Cc2ccccc2)CCCCC1S(=O)(=O)c1ccc(Br)cc1. The molecule has 2 aliphatic carbocycles. The Morgan fingerprint density at radius 1 is 0.592 bits per heavy atom. The number of rotatable bonds is 10. The average molecular weight is 829 g/mol. The molecule has 258 valence electrons. The second-order valence-corrected chi connectivity index (χ2v) is 19.5. The molecule has 4 atom stereocenters. The lowest BCUT2D eigenvalue weighted by Crippen LogP contribution is -2.58. The van der Waals surface area contributed by atoms with Gasteiger partial charge in [-0.3, -0.25) is 4.79 Å². The van der Waals surface area contributed by atoms with E-state index in [-0.39, 0.29) is 22.6 Å². The first-order valence-electron chi connectivity index (χ1n) is 16.8. The molecule has 0 N–H and O–H groups in total. The van der Waals surface area contributed by atoms with Crippen LogP contribution < -0.4 is 0 Å². The molecule has 0 amide bonds. The lowest BCUT2D eigenvalue weighted by Gasteiger charge is -2.48. The van der Waals surface area contributed by atoms with Gasteiger partial charge in [0.1, 0.15) is 10.9 Å². The molecule has 0 radical (unpaired) electrons. The minimum Gasteiger partial charge on any atom is -0.457 e. The topological polar surface area (TPSA) is 94.6 Å². The minimum absolute atomic E-state index is 0.153. The van der Waals surface area contributed by atoms with Crippen LogP contribution in [0.4, 0.5) is 0 Å². The summed E-state index contributed by atoms with van der Waals surface area (Å²) < 4.78 is 66.6. The van der Waals surface area contributed by atoms with Crippen molar-refractivity contribution in [3.63, 3.8) is 0 Å². The summed E-state index contributed by atoms with van der Waals surface area (Å²) in [6, 6.07) is 32.1. The third kappa shape index (κ3) is 7.48. The molecule has 2 saturated carbocycles. The minimum atomic E-state index is -4.00. The highest BCUT2D eigenvalue weighted by Crippen LogP contribution is 2.49. The maximum absolute atomic E-state index is 15.3. The van der Waals surface area contributed by atoms with E-state index in [9.17, 15) is 16.8 Å². The van der Waals surface area contributed by atoms with Crippen molar-refractivity contribution in [1.82, 2.24) is 0 Å². The molecule has 0 aromatic heterocycles. The predicted octanol–water partition coefficient (Wildman–Crippen LogP) is 9.10. The van der Waals surface area contributed by atoms with E-state index >= 15 is 4.79 Å². The Balaban J connectivity index is 1.49. The number of halogens is 2. The smallest absolute Gasteiger partial charge is 0.314 e. The Kier molecular flexibility index (Phi) is 10.9. The molecule has 6 nitrogen and oxygen atoms in total. The van der Waals surface area contributed by atoms with Crippen LogP contribution in [0, 0.1) is 5.41 Å². The van der Waals surface area contributed by atoms with Gasteiger partial charge in [0.05, 0.1) is 20.5 Å². The van der Waals surface area contributed by atoms with Crippen LogP contribution in [0.15, 0.2) is 128 Å². The van der Waals surface area contributed by atoms with Crippen molar-refractivity contribution in [2.45, 2.75) is 90.1 Å². The second-order valence-electron chi connectivity index (χ2n) is 13.4. The van der Waals surface area contributed by atoms with E-state index < -0.39 is 47.2 Å². The molecule has 49 heavy (non-hydrogen) atoms. The first-order valence-corrected chi connectivity index (χ1v) is 21.4. The van der Waals surface area contributed by atoms with Gasteiger partial charge in [-0.1, -0.05) is 112 Å². The van der Waals surface area contributed by atoms with Crippen LogP contribution in [-0.2, 0) is 42.0 Å². The number of hydrogen-bond donors (Lipinski definition) is 0. The molecule has 4 aromatic carbocycles. The van der Waals surface area contributed by atoms with Crippen LogP contribution in [0.1, 0.15) is 62.5 Å². The van der Waals surface area contributed by atoms with Crippen LogP contribution in [0.25, 0.3) is 0 Å². The Labute approximate surface area is 306 Å². The quantitative estimate of drug-likeness (QED) is 0.148. The molecule has 4 unspecified atom stereocenters. The summed E-state index contributed by atoms with van der Waals surface area (Å²) in [5.41, 5.74) is -1.15. The molecule has 0 aliphatic heterocycles. The third-order valence-electron chi connectivity index (χ3n) is 10.3. The van der Waals surface area contributed by atoms with Gasteiger partial charge < -0.3 is 4.74 Å². The summed E-state index contributed by atoms with van der Waals surface area (Å²) in [5, 5.41) is -2.07. The number of esters is 1. The molecular weight excluding hydrogens is 788 g/mol. The largest absolute Gasteiger partial charge is 0.457 e. The van der Waals surface area contributed by atoms with Crippen molar-refractivity contribution in [3.05, 3.63) is 129 Å². The summed E-state index contributed by atoms with van der Waals surface area (Å²) in [6.07, 6.45) is 4.30. The van der Waals surface area contributed by atoms with E-state index in [1.807, 2.05) is 60.7 Å². The van der Waals surface area contributed by atoms with Crippen molar-refractivity contribution >= 4 is 57.5 Å². The standard InChI is InChI=1S/C39H40Br2O6S2/c40-31-17-21-33(22-18-31)48(43,44)35-15-7-9-25-38(35,27-29-11-3-1-4-12-29)37(42)47-39(28-30-13-5-2-6-14-30)26-10-8-16-36(39)49(45,46)34-23-19-32(41)20-24-34/h1-6,11-14,17-24,35-36H,7-10,15-16,25-28H2. The molecule has 0 saturated heterocycles. The summed E-state index contributed by atoms with van der Waals surface area (Å²) >= 11 is 6.82. The van der Waals surface area contributed by atoms with E-state index in [4.69, 9.17) is 4.74 Å². The van der Waals surface area contributed by atoms with E-state index in [0.29, 0.717) is 51.4 Å². The van der Waals surface area contributed by atoms with E-state index in [0.717, 1.165) is 20.1 Å². The number of carbonyl (C=O) groups is 1. The molecule has 0 spiro atoms. The van der Waals surface area contributed by atoms with Gasteiger partial charge in [0.2, 0.25) is 0 Å². The molecule has 2 aliphatic rings. The van der Waals surface area contributed by atoms with Gasteiger partial charge in [0, 0.05) is 15.4 Å². The number of sulfone groups is 2. The normalized spacial score (nSPS) is 24.6. The first-order chi connectivity index (χ1) is 23.5. The Hall–Kier alpha value is -2.79. The second kappa shape index (κ2) is 14.8. The molecule has 10 heteroatoms. The van der Waals surface area contributed by atoms with Gasteiger partial charge in [-0.05, 0) is 98.2 Å². The van der Waals surface area contributed by atoms with Gasteiger partial charge in [0.25, 0.3) is 0 Å². The third-order valence-corrected chi connectivity index (χ3v) is 16.1. The summed E-state index contributed by atoms with van der Waals surface area (Å²) in [4.78, 5) is 15.6. The summed E-state index contributed by atoms with van der Waals surface area (Å²) in [7, 11) is -7.98. The van der Waals surface area contributed by atoms with Crippen LogP contribution in [0.3, 0.4) is 0 Å². The summed E-state index contributed by atoms with van der Waals surface area (Å²) in [6.45, 7) is 0. The Morgan fingerprint density at radius 3 is 1.57 bits per heavy atom.